The minimum atomic E-state index is 0.672. The maximum atomic E-state index is 5.43. The third-order valence-electron chi connectivity index (χ3n) is 2.92. The largest absolute Gasteiger partial charge is 0.379 e. The van der Waals surface area contributed by atoms with Crippen LogP contribution in [0.15, 0.2) is 0 Å². The zero-order chi connectivity index (χ0) is 7.52. The Morgan fingerprint density at radius 2 is 2.00 bits per heavy atom. The summed E-state index contributed by atoms with van der Waals surface area (Å²) in [5.41, 5.74) is 0. The molecule has 1 saturated heterocycles. The Balaban J connectivity index is 1.82. The number of nitrogens with one attached hydrogen (secondary N) is 1. The SMILES string of the molecule is C1CCC([C@H]2COCCN2)C1. The number of rotatable bonds is 1. The fraction of sp³-hybridized carbons (Fsp3) is 1.00. The first-order valence-electron chi connectivity index (χ1n) is 4.78. The Kier molecular flexibility index (Phi) is 2.44. The van der Waals surface area contributed by atoms with E-state index in [1.165, 1.54) is 25.7 Å². The average Bonchev–Trinajstić information content (AvgIpc) is 2.58. The van der Waals surface area contributed by atoms with Crippen molar-refractivity contribution in [2.45, 2.75) is 31.7 Å². The van der Waals surface area contributed by atoms with Crippen molar-refractivity contribution in [1.82, 2.24) is 5.32 Å². The van der Waals surface area contributed by atoms with E-state index in [4.69, 9.17) is 4.74 Å². The molecule has 1 N–H and O–H groups in total. The molecule has 2 aliphatic rings. The van der Waals surface area contributed by atoms with Gasteiger partial charge >= 0.3 is 0 Å². The van der Waals surface area contributed by atoms with Crippen LogP contribution in [0.5, 0.6) is 0 Å². The van der Waals surface area contributed by atoms with Gasteiger partial charge in [0.05, 0.1) is 13.2 Å². The van der Waals surface area contributed by atoms with E-state index >= 15 is 0 Å². The van der Waals surface area contributed by atoms with Gasteiger partial charge in [0, 0.05) is 12.6 Å². The van der Waals surface area contributed by atoms with Gasteiger partial charge in [0.1, 0.15) is 0 Å². The zero-order valence-electron chi connectivity index (χ0n) is 7.01. The van der Waals surface area contributed by atoms with E-state index in [-0.39, 0.29) is 0 Å². The average molecular weight is 155 g/mol. The second kappa shape index (κ2) is 3.55. The highest BCUT2D eigenvalue weighted by Gasteiger charge is 2.26. The van der Waals surface area contributed by atoms with Crippen molar-refractivity contribution in [3.8, 4) is 0 Å². The summed E-state index contributed by atoms with van der Waals surface area (Å²) in [6.07, 6.45) is 5.70. The van der Waals surface area contributed by atoms with Gasteiger partial charge in [-0.25, -0.2) is 0 Å². The lowest BCUT2D eigenvalue weighted by molar-refractivity contribution is 0.0576. The predicted molar refractivity (Wildman–Crippen MR) is 44.6 cm³/mol. The molecule has 2 fully saturated rings. The van der Waals surface area contributed by atoms with E-state index in [1.807, 2.05) is 0 Å². The fourth-order valence-corrected chi connectivity index (χ4v) is 2.25. The van der Waals surface area contributed by atoms with Gasteiger partial charge in [-0.1, -0.05) is 12.8 Å². The number of hydrogen-bond acceptors (Lipinski definition) is 2. The molecule has 2 heteroatoms. The van der Waals surface area contributed by atoms with Gasteiger partial charge in [-0.15, -0.1) is 0 Å². The second-order valence-electron chi connectivity index (χ2n) is 3.68. The lowest BCUT2D eigenvalue weighted by Gasteiger charge is -2.28. The van der Waals surface area contributed by atoms with Crippen LogP contribution in [0.4, 0.5) is 0 Å². The summed E-state index contributed by atoms with van der Waals surface area (Å²) < 4.78 is 5.43. The van der Waals surface area contributed by atoms with Gasteiger partial charge in [0.15, 0.2) is 0 Å². The third kappa shape index (κ3) is 1.74. The molecule has 0 radical (unpaired) electrons. The lowest BCUT2D eigenvalue weighted by atomic mass is 9.98. The molecular formula is C9H17NO. The highest BCUT2D eigenvalue weighted by Crippen LogP contribution is 2.28. The number of morpholine rings is 1. The molecule has 1 atom stereocenters. The topological polar surface area (TPSA) is 21.3 Å². The maximum Gasteiger partial charge on any atom is 0.0622 e. The van der Waals surface area contributed by atoms with Crippen LogP contribution in [0.1, 0.15) is 25.7 Å². The van der Waals surface area contributed by atoms with Crippen molar-refractivity contribution in [3.63, 3.8) is 0 Å². The van der Waals surface area contributed by atoms with Crippen LogP contribution in [0.25, 0.3) is 0 Å². The molecule has 11 heavy (non-hydrogen) atoms. The molecule has 0 aromatic heterocycles. The normalized spacial score (nSPS) is 34.4. The van der Waals surface area contributed by atoms with Crippen LogP contribution in [0.2, 0.25) is 0 Å². The Bertz CT molecular complexity index is 115. The van der Waals surface area contributed by atoms with Gasteiger partial charge in [-0.3, -0.25) is 0 Å². The van der Waals surface area contributed by atoms with Crippen molar-refractivity contribution in [2.24, 2.45) is 5.92 Å². The first kappa shape index (κ1) is 7.56. The van der Waals surface area contributed by atoms with Crippen molar-refractivity contribution in [2.75, 3.05) is 19.8 Å². The van der Waals surface area contributed by atoms with Crippen LogP contribution in [-0.4, -0.2) is 25.8 Å². The molecule has 0 amide bonds. The standard InChI is InChI=1S/C9H17NO/c1-2-4-8(3-1)9-7-11-6-5-10-9/h8-10H,1-7H2/t9-/m1/s1. The Morgan fingerprint density at radius 1 is 1.18 bits per heavy atom. The smallest absolute Gasteiger partial charge is 0.0622 e. The summed E-state index contributed by atoms with van der Waals surface area (Å²) in [7, 11) is 0. The van der Waals surface area contributed by atoms with Gasteiger partial charge in [0.25, 0.3) is 0 Å². The zero-order valence-corrected chi connectivity index (χ0v) is 7.01. The quantitative estimate of drug-likeness (QED) is 0.613. The third-order valence-corrected chi connectivity index (χ3v) is 2.92. The monoisotopic (exact) mass is 155 g/mol. The summed E-state index contributed by atoms with van der Waals surface area (Å²) in [6, 6.07) is 0.672. The first-order valence-corrected chi connectivity index (χ1v) is 4.78. The minimum absolute atomic E-state index is 0.672. The molecule has 1 heterocycles. The molecule has 0 unspecified atom stereocenters. The molecule has 0 bridgehead atoms. The van der Waals surface area contributed by atoms with E-state index in [9.17, 15) is 0 Å². The molecule has 0 aromatic rings. The molecule has 1 aliphatic carbocycles. The molecule has 0 aromatic carbocycles. The summed E-state index contributed by atoms with van der Waals surface area (Å²) >= 11 is 0. The summed E-state index contributed by atoms with van der Waals surface area (Å²) in [5, 5.41) is 3.54. The van der Waals surface area contributed by atoms with Crippen LogP contribution >= 0.6 is 0 Å². The van der Waals surface area contributed by atoms with Crippen molar-refractivity contribution >= 4 is 0 Å². The van der Waals surface area contributed by atoms with Crippen molar-refractivity contribution < 1.29 is 4.74 Å². The highest BCUT2D eigenvalue weighted by atomic mass is 16.5. The molecule has 1 saturated carbocycles. The van der Waals surface area contributed by atoms with Crippen molar-refractivity contribution in [3.05, 3.63) is 0 Å². The second-order valence-corrected chi connectivity index (χ2v) is 3.68. The van der Waals surface area contributed by atoms with Gasteiger partial charge in [-0.2, -0.15) is 0 Å². The highest BCUT2D eigenvalue weighted by molar-refractivity contribution is 4.81. The van der Waals surface area contributed by atoms with Gasteiger partial charge < -0.3 is 10.1 Å². The Morgan fingerprint density at radius 3 is 2.64 bits per heavy atom. The van der Waals surface area contributed by atoms with Crippen LogP contribution in [0.3, 0.4) is 0 Å². The van der Waals surface area contributed by atoms with E-state index in [1.54, 1.807) is 0 Å². The fourth-order valence-electron chi connectivity index (χ4n) is 2.25. The molecule has 1 aliphatic heterocycles. The van der Waals surface area contributed by atoms with Crippen LogP contribution in [0, 0.1) is 5.92 Å². The number of hydrogen-bond donors (Lipinski definition) is 1. The first-order chi connectivity index (χ1) is 5.47. The molecule has 64 valence electrons. The maximum absolute atomic E-state index is 5.43. The van der Waals surface area contributed by atoms with Crippen molar-refractivity contribution in [1.29, 1.82) is 0 Å². The lowest BCUT2D eigenvalue weighted by Crippen LogP contribution is -2.45. The van der Waals surface area contributed by atoms with E-state index in [0.717, 1.165) is 25.7 Å². The van der Waals surface area contributed by atoms with Crippen LogP contribution in [-0.2, 0) is 4.74 Å². The Hall–Kier alpha value is -0.0800. The minimum Gasteiger partial charge on any atom is -0.379 e. The van der Waals surface area contributed by atoms with E-state index in [2.05, 4.69) is 5.32 Å². The number of ether oxygens (including phenoxy) is 1. The van der Waals surface area contributed by atoms with E-state index in [0.29, 0.717) is 6.04 Å². The van der Waals surface area contributed by atoms with Gasteiger partial charge in [-0.05, 0) is 18.8 Å². The van der Waals surface area contributed by atoms with Gasteiger partial charge in [0.2, 0.25) is 0 Å². The summed E-state index contributed by atoms with van der Waals surface area (Å²) in [6.45, 7) is 2.91. The summed E-state index contributed by atoms with van der Waals surface area (Å²) in [4.78, 5) is 0. The summed E-state index contributed by atoms with van der Waals surface area (Å²) in [5.74, 6) is 0.912. The molecule has 0 spiro atoms. The molecular weight excluding hydrogens is 138 g/mol. The van der Waals surface area contributed by atoms with Crippen LogP contribution < -0.4 is 5.32 Å². The Labute approximate surface area is 68.3 Å². The molecule has 2 rings (SSSR count). The predicted octanol–water partition coefficient (Wildman–Crippen LogP) is 1.17. The van der Waals surface area contributed by atoms with E-state index < -0.39 is 0 Å². The molecule has 2 nitrogen and oxygen atoms in total.